The fourth-order valence-corrected chi connectivity index (χ4v) is 5.53. The van der Waals surface area contributed by atoms with E-state index < -0.39 is 0 Å². The number of amides is 3. The van der Waals surface area contributed by atoms with Crippen molar-refractivity contribution >= 4 is 17.7 Å². The fourth-order valence-electron chi connectivity index (χ4n) is 5.53. The van der Waals surface area contributed by atoms with Crippen LogP contribution >= 0.6 is 0 Å². The Morgan fingerprint density at radius 3 is 2.15 bits per heavy atom. The molecule has 34 heavy (non-hydrogen) atoms. The zero-order valence-electron chi connectivity index (χ0n) is 22.1. The molecule has 1 unspecified atom stereocenters. The van der Waals surface area contributed by atoms with Crippen molar-refractivity contribution in [2.45, 2.75) is 71.9 Å². The van der Waals surface area contributed by atoms with Gasteiger partial charge < -0.3 is 24.9 Å². The molecular weight excluding hydrogens is 430 g/mol. The minimum atomic E-state index is -0.382. The largest absolute Gasteiger partial charge is 0.341 e. The molecule has 3 saturated heterocycles. The molecule has 0 radical (unpaired) electrons. The van der Waals surface area contributed by atoms with Gasteiger partial charge in [0, 0.05) is 58.8 Å². The lowest BCUT2D eigenvalue weighted by Crippen LogP contribution is -2.62. The molecular formula is C26H47N5O3. The number of nitrogens with one attached hydrogen (secondary N) is 1. The molecule has 0 saturated carbocycles. The van der Waals surface area contributed by atoms with Crippen molar-refractivity contribution in [2.24, 2.45) is 17.8 Å². The minimum absolute atomic E-state index is 0.0756. The molecule has 0 aromatic carbocycles. The van der Waals surface area contributed by atoms with E-state index in [0.717, 1.165) is 52.0 Å². The van der Waals surface area contributed by atoms with E-state index in [1.54, 1.807) is 0 Å². The summed E-state index contributed by atoms with van der Waals surface area (Å²) in [6, 6.07) is -0.574. The first-order valence-electron chi connectivity index (χ1n) is 13.4. The zero-order chi connectivity index (χ0) is 24.8. The Morgan fingerprint density at radius 2 is 1.56 bits per heavy atom. The maximum absolute atomic E-state index is 13.6. The number of carbonyl (C=O) groups excluding carboxylic acids is 3. The van der Waals surface area contributed by atoms with Gasteiger partial charge in [0.2, 0.25) is 17.7 Å². The van der Waals surface area contributed by atoms with Gasteiger partial charge in [-0.3, -0.25) is 14.4 Å². The highest BCUT2D eigenvalue weighted by atomic mass is 16.2. The Kier molecular flexibility index (Phi) is 9.77. The Labute approximate surface area is 206 Å². The molecule has 3 aliphatic heterocycles. The molecule has 0 spiro atoms. The van der Waals surface area contributed by atoms with Crippen molar-refractivity contribution in [2.75, 3.05) is 59.4 Å². The molecule has 3 heterocycles. The molecule has 0 bridgehead atoms. The van der Waals surface area contributed by atoms with Crippen LogP contribution in [-0.2, 0) is 14.4 Å². The molecule has 3 amide bonds. The van der Waals surface area contributed by atoms with Gasteiger partial charge in [-0.05, 0) is 50.5 Å². The first-order chi connectivity index (χ1) is 16.2. The van der Waals surface area contributed by atoms with Crippen LogP contribution in [-0.4, -0.2) is 109 Å². The number of carbonyl (C=O) groups is 3. The number of nitrogens with zero attached hydrogens (tertiary/aromatic N) is 4. The number of likely N-dealkylation sites (tertiary alicyclic amines) is 1. The second kappa shape index (κ2) is 12.3. The minimum Gasteiger partial charge on any atom is -0.341 e. The molecule has 194 valence electrons. The van der Waals surface area contributed by atoms with E-state index in [0.29, 0.717) is 50.2 Å². The van der Waals surface area contributed by atoms with Gasteiger partial charge in [-0.15, -0.1) is 0 Å². The lowest BCUT2D eigenvalue weighted by atomic mass is 9.91. The average molecular weight is 478 g/mol. The lowest BCUT2D eigenvalue weighted by molar-refractivity contribution is -0.150. The van der Waals surface area contributed by atoms with Gasteiger partial charge in [-0.25, -0.2) is 0 Å². The molecule has 3 aliphatic rings. The third-order valence-electron chi connectivity index (χ3n) is 7.63. The van der Waals surface area contributed by atoms with Crippen LogP contribution in [0.3, 0.4) is 0 Å². The van der Waals surface area contributed by atoms with Crippen molar-refractivity contribution in [3.8, 4) is 0 Å². The maximum Gasteiger partial charge on any atom is 0.245 e. The van der Waals surface area contributed by atoms with Gasteiger partial charge in [0.25, 0.3) is 0 Å². The number of hydrogen-bond acceptors (Lipinski definition) is 5. The van der Waals surface area contributed by atoms with E-state index in [2.05, 4.69) is 45.0 Å². The summed E-state index contributed by atoms with van der Waals surface area (Å²) in [4.78, 5) is 47.7. The Balaban J connectivity index is 1.56. The van der Waals surface area contributed by atoms with Crippen molar-refractivity contribution < 1.29 is 14.4 Å². The van der Waals surface area contributed by atoms with Gasteiger partial charge in [-0.1, -0.05) is 27.7 Å². The van der Waals surface area contributed by atoms with Crippen LogP contribution < -0.4 is 5.32 Å². The van der Waals surface area contributed by atoms with E-state index in [4.69, 9.17) is 0 Å². The summed E-state index contributed by atoms with van der Waals surface area (Å²) in [6.45, 7) is 14.7. The smallest absolute Gasteiger partial charge is 0.245 e. The zero-order valence-corrected chi connectivity index (χ0v) is 22.1. The average Bonchev–Trinajstić information content (AvgIpc) is 2.79. The topological polar surface area (TPSA) is 76.2 Å². The first-order valence-corrected chi connectivity index (χ1v) is 13.4. The Hall–Kier alpha value is -1.67. The SMILES string of the molecule is CC(C)CC(C(=O)N1CCC(CC(=O)N2CCN(C)CC2)CC1)N1CCN[C@@H](CC(C)C)C1=O. The van der Waals surface area contributed by atoms with Gasteiger partial charge in [-0.2, -0.15) is 0 Å². The van der Waals surface area contributed by atoms with Crippen molar-refractivity contribution in [3.63, 3.8) is 0 Å². The van der Waals surface area contributed by atoms with E-state index in [-0.39, 0.29) is 29.8 Å². The monoisotopic (exact) mass is 477 g/mol. The highest BCUT2D eigenvalue weighted by molar-refractivity contribution is 5.90. The molecule has 2 atom stereocenters. The fraction of sp³-hybridized carbons (Fsp3) is 0.885. The van der Waals surface area contributed by atoms with Gasteiger partial charge in [0.15, 0.2) is 0 Å². The van der Waals surface area contributed by atoms with Crippen LogP contribution in [0.2, 0.25) is 0 Å². The van der Waals surface area contributed by atoms with Gasteiger partial charge in [0.1, 0.15) is 6.04 Å². The van der Waals surface area contributed by atoms with Crippen LogP contribution in [0.15, 0.2) is 0 Å². The lowest BCUT2D eigenvalue weighted by Gasteiger charge is -2.42. The number of likely N-dealkylation sites (N-methyl/N-ethyl adjacent to an activating group) is 1. The van der Waals surface area contributed by atoms with E-state index in [1.165, 1.54) is 0 Å². The molecule has 0 aromatic rings. The van der Waals surface area contributed by atoms with Gasteiger partial charge >= 0.3 is 0 Å². The number of piperidine rings is 1. The molecule has 3 fully saturated rings. The predicted molar refractivity (Wildman–Crippen MR) is 134 cm³/mol. The van der Waals surface area contributed by atoms with E-state index in [1.807, 2.05) is 14.7 Å². The summed E-state index contributed by atoms with van der Waals surface area (Å²) >= 11 is 0. The van der Waals surface area contributed by atoms with Crippen molar-refractivity contribution in [3.05, 3.63) is 0 Å². The standard InChI is InChI=1S/C26H47N5O3/c1-19(2)16-22-25(33)31(11-8-27-22)23(17-20(3)4)26(34)30-9-6-21(7-10-30)18-24(32)29-14-12-28(5)13-15-29/h19-23,27H,6-18H2,1-5H3/t22-,23?/m0/s1. The summed E-state index contributed by atoms with van der Waals surface area (Å²) in [7, 11) is 2.10. The molecule has 0 aliphatic carbocycles. The van der Waals surface area contributed by atoms with E-state index >= 15 is 0 Å². The first kappa shape index (κ1) is 26.9. The van der Waals surface area contributed by atoms with Crippen LogP contribution in [0.25, 0.3) is 0 Å². The predicted octanol–water partition coefficient (Wildman–Crippen LogP) is 1.65. The Bertz CT molecular complexity index is 697. The van der Waals surface area contributed by atoms with Crippen LogP contribution in [0.5, 0.6) is 0 Å². The maximum atomic E-state index is 13.6. The van der Waals surface area contributed by atoms with Crippen molar-refractivity contribution in [1.82, 2.24) is 24.9 Å². The summed E-state index contributed by atoms with van der Waals surface area (Å²) in [6.07, 6.45) is 3.82. The van der Waals surface area contributed by atoms with Crippen LogP contribution in [0, 0.1) is 17.8 Å². The second-order valence-electron chi connectivity index (χ2n) is 11.5. The number of piperazine rings is 2. The summed E-state index contributed by atoms with van der Waals surface area (Å²) in [5.41, 5.74) is 0. The number of rotatable bonds is 8. The Morgan fingerprint density at radius 1 is 0.912 bits per heavy atom. The molecule has 8 heteroatoms. The van der Waals surface area contributed by atoms with Crippen molar-refractivity contribution in [1.29, 1.82) is 0 Å². The highest BCUT2D eigenvalue weighted by Gasteiger charge is 2.39. The van der Waals surface area contributed by atoms with E-state index in [9.17, 15) is 14.4 Å². The molecule has 1 N–H and O–H groups in total. The molecule has 0 aromatic heterocycles. The highest BCUT2D eigenvalue weighted by Crippen LogP contribution is 2.25. The summed E-state index contributed by atoms with van der Waals surface area (Å²) < 4.78 is 0. The third-order valence-corrected chi connectivity index (χ3v) is 7.63. The third kappa shape index (κ3) is 7.17. The summed E-state index contributed by atoms with van der Waals surface area (Å²) in [5.74, 6) is 1.53. The van der Waals surface area contributed by atoms with Gasteiger partial charge in [0.05, 0.1) is 6.04 Å². The molecule has 8 nitrogen and oxygen atoms in total. The molecule has 3 rings (SSSR count). The van der Waals surface area contributed by atoms with Crippen LogP contribution in [0.1, 0.15) is 59.8 Å². The quantitative estimate of drug-likeness (QED) is 0.575. The second-order valence-corrected chi connectivity index (χ2v) is 11.5. The normalized spacial score (nSPS) is 24.3. The summed E-state index contributed by atoms with van der Waals surface area (Å²) in [5, 5.41) is 3.36. The van der Waals surface area contributed by atoms with Crippen LogP contribution in [0.4, 0.5) is 0 Å². The number of hydrogen-bond donors (Lipinski definition) is 1.